The van der Waals surface area contributed by atoms with Gasteiger partial charge in [0.25, 0.3) is 5.91 Å². The van der Waals surface area contributed by atoms with Crippen molar-refractivity contribution in [3.63, 3.8) is 0 Å². The molecule has 0 bridgehead atoms. The molecule has 7 heteroatoms. The maximum Gasteiger partial charge on any atom is 0.251 e. The summed E-state index contributed by atoms with van der Waals surface area (Å²) in [5, 5.41) is 11.4. The monoisotopic (exact) mass is 273 g/mol. The highest BCUT2D eigenvalue weighted by Crippen LogP contribution is 2.20. The van der Waals surface area contributed by atoms with Gasteiger partial charge in [0.05, 0.1) is 12.7 Å². The normalized spacial score (nSPS) is 23.6. The highest BCUT2D eigenvalue weighted by atomic mass is 16.5. The average Bonchev–Trinajstić information content (AvgIpc) is 2.84. The number of hydrogen-bond acceptors (Lipinski definition) is 5. The van der Waals surface area contributed by atoms with E-state index in [2.05, 4.69) is 5.16 Å². The van der Waals surface area contributed by atoms with E-state index in [4.69, 9.17) is 20.4 Å². The van der Waals surface area contributed by atoms with Crippen molar-refractivity contribution in [3.05, 3.63) is 0 Å². The first kappa shape index (κ1) is 15.7. The van der Waals surface area contributed by atoms with Crippen molar-refractivity contribution in [2.75, 3.05) is 26.8 Å². The molecule has 1 saturated heterocycles. The number of rotatable bonds is 7. The van der Waals surface area contributed by atoms with E-state index in [-0.39, 0.29) is 24.0 Å². The highest BCUT2D eigenvalue weighted by Gasteiger charge is 2.31. The Labute approximate surface area is 113 Å². The molecule has 19 heavy (non-hydrogen) atoms. The van der Waals surface area contributed by atoms with Gasteiger partial charge in [-0.2, -0.15) is 0 Å². The zero-order valence-electron chi connectivity index (χ0n) is 11.5. The van der Waals surface area contributed by atoms with Crippen LogP contribution in [0.1, 0.15) is 26.2 Å². The van der Waals surface area contributed by atoms with E-state index in [1.165, 1.54) is 0 Å². The van der Waals surface area contributed by atoms with Crippen LogP contribution in [0.15, 0.2) is 5.16 Å². The summed E-state index contributed by atoms with van der Waals surface area (Å²) in [6, 6.07) is 0. The Bertz CT molecular complexity index is 322. The number of ether oxygens (including phenoxy) is 2. The molecule has 0 aromatic rings. The Morgan fingerprint density at radius 3 is 2.79 bits per heavy atom. The number of amides is 1. The first-order chi connectivity index (χ1) is 9.08. The number of carbonyl (C=O) groups is 1. The summed E-state index contributed by atoms with van der Waals surface area (Å²) in [5.74, 6) is 0.0584. The first-order valence-corrected chi connectivity index (χ1v) is 6.48. The summed E-state index contributed by atoms with van der Waals surface area (Å²) in [7, 11) is 1.58. The van der Waals surface area contributed by atoms with E-state index in [0.717, 1.165) is 12.8 Å². The lowest BCUT2D eigenvalue weighted by Gasteiger charge is -2.25. The van der Waals surface area contributed by atoms with E-state index in [9.17, 15) is 4.79 Å². The number of methoxy groups -OCH3 is 1. The van der Waals surface area contributed by atoms with E-state index < -0.39 is 0 Å². The van der Waals surface area contributed by atoms with Crippen LogP contribution >= 0.6 is 0 Å². The van der Waals surface area contributed by atoms with Gasteiger partial charge in [-0.25, -0.2) is 0 Å². The third-order valence-corrected chi connectivity index (χ3v) is 3.15. The van der Waals surface area contributed by atoms with Gasteiger partial charge >= 0.3 is 0 Å². The van der Waals surface area contributed by atoms with Crippen LogP contribution in [0.2, 0.25) is 0 Å². The molecular formula is C12H23N3O4. The molecule has 1 rings (SSSR count). The number of nitrogens with two attached hydrogens (primary N) is 1. The van der Waals surface area contributed by atoms with E-state index in [0.29, 0.717) is 26.1 Å². The van der Waals surface area contributed by atoms with Crippen molar-refractivity contribution in [3.8, 4) is 0 Å². The van der Waals surface area contributed by atoms with Gasteiger partial charge in [-0.05, 0) is 19.8 Å². The van der Waals surface area contributed by atoms with Crippen LogP contribution in [0.5, 0.6) is 0 Å². The number of oxime groups is 1. The maximum absolute atomic E-state index is 12.3. The molecule has 1 fully saturated rings. The molecule has 0 aliphatic carbocycles. The van der Waals surface area contributed by atoms with Crippen LogP contribution in [0.4, 0.5) is 0 Å². The number of carbonyl (C=O) groups excluding carboxylic acids is 1. The van der Waals surface area contributed by atoms with E-state index in [1.54, 1.807) is 12.0 Å². The Morgan fingerprint density at radius 2 is 2.26 bits per heavy atom. The first-order valence-electron chi connectivity index (χ1n) is 6.48. The Balaban J connectivity index is 2.54. The summed E-state index contributed by atoms with van der Waals surface area (Å²) >= 11 is 0. The molecule has 2 atom stereocenters. The van der Waals surface area contributed by atoms with Crippen molar-refractivity contribution in [2.24, 2.45) is 10.9 Å². The second-order valence-electron chi connectivity index (χ2n) is 4.67. The van der Waals surface area contributed by atoms with Gasteiger partial charge in [0.2, 0.25) is 0 Å². The third kappa shape index (κ3) is 5.04. The van der Waals surface area contributed by atoms with Crippen LogP contribution in [0, 0.1) is 0 Å². The van der Waals surface area contributed by atoms with Crippen molar-refractivity contribution in [1.29, 1.82) is 0 Å². The molecule has 3 N–H and O–H groups in total. The third-order valence-electron chi connectivity index (χ3n) is 3.15. The van der Waals surface area contributed by atoms with E-state index in [1.807, 2.05) is 6.92 Å². The van der Waals surface area contributed by atoms with Crippen molar-refractivity contribution in [2.45, 2.75) is 38.4 Å². The molecular weight excluding hydrogens is 250 g/mol. The van der Waals surface area contributed by atoms with Crippen molar-refractivity contribution >= 4 is 11.7 Å². The zero-order valence-corrected chi connectivity index (χ0v) is 11.5. The molecule has 0 aromatic carbocycles. The van der Waals surface area contributed by atoms with Gasteiger partial charge < -0.3 is 25.3 Å². The largest absolute Gasteiger partial charge is 0.409 e. The summed E-state index contributed by atoms with van der Waals surface area (Å²) < 4.78 is 10.6. The fourth-order valence-electron chi connectivity index (χ4n) is 2.02. The SMILES string of the molecule is COCCN(CCC(N)=NO)C(=O)C1CCC(C)O1. The fourth-order valence-corrected chi connectivity index (χ4v) is 2.02. The molecule has 0 radical (unpaired) electrons. The van der Waals surface area contributed by atoms with Gasteiger partial charge in [0.15, 0.2) is 0 Å². The van der Waals surface area contributed by atoms with Crippen LogP contribution < -0.4 is 5.73 Å². The summed E-state index contributed by atoms with van der Waals surface area (Å²) in [4.78, 5) is 13.9. The minimum Gasteiger partial charge on any atom is -0.409 e. The molecule has 1 aliphatic heterocycles. The number of amidine groups is 1. The predicted octanol–water partition coefficient (Wildman–Crippen LogP) is 0.165. The van der Waals surface area contributed by atoms with Crippen molar-refractivity contribution < 1.29 is 19.5 Å². The molecule has 110 valence electrons. The van der Waals surface area contributed by atoms with Gasteiger partial charge in [0, 0.05) is 26.6 Å². The van der Waals surface area contributed by atoms with Crippen LogP contribution in [0.25, 0.3) is 0 Å². The molecule has 2 unspecified atom stereocenters. The summed E-state index contributed by atoms with van der Waals surface area (Å²) in [6.07, 6.45) is 1.72. The molecule has 0 aromatic heterocycles. The maximum atomic E-state index is 12.3. The lowest BCUT2D eigenvalue weighted by atomic mass is 10.2. The van der Waals surface area contributed by atoms with Gasteiger partial charge in [-0.1, -0.05) is 5.16 Å². The molecule has 0 spiro atoms. The smallest absolute Gasteiger partial charge is 0.251 e. The average molecular weight is 273 g/mol. The lowest BCUT2D eigenvalue weighted by Crippen LogP contribution is -2.42. The topological polar surface area (TPSA) is 97.4 Å². The summed E-state index contributed by atoms with van der Waals surface area (Å²) in [5.41, 5.74) is 5.43. The van der Waals surface area contributed by atoms with Crippen LogP contribution in [-0.4, -0.2) is 60.9 Å². The van der Waals surface area contributed by atoms with Crippen molar-refractivity contribution in [1.82, 2.24) is 4.90 Å². The number of hydrogen-bond donors (Lipinski definition) is 2. The lowest BCUT2D eigenvalue weighted by molar-refractivity contribution is -0.143. The number of nitrogens with zero attached hydrogens (tertiary/aromatic N) is 2. The molecule has 1 amide bonds. The molecule has 7 nitrogen and oxygen atoms in total. The Hall–Kier alpha value is -1.34. The predicted molar refractivity (Wildman–Crippen MR) is 70.1 cm³/mol. The quantitative estimate of drug-likeness (QED) is 0.298. The minimum atomic E-state index is -0.376. The van der Waals surface area contributed by atoms with Gasteiger partial charge in [-0.15, -0.1) is 0 Å². The minimum absolute atomic E-state index is 0.0489. The second kappa shape index (κ2) is 7.96. The molecule has 1 aliphatic rings. The highest BCUT2D eigenvalue weighted by molar-refractivity contribution is 5.83. The Morgan fingerprint density at radius 1 is 1.53 bits per heavy atom. The van der Waals surface area contributed by atoms with Crippen LogP contribution in [-0.2, 0) is 14.3 Å². The van der Waals surface area contributed by atoms with Crippen LogP contribution in [0.3, 0.4) is 0 Å². The van der Waals surface area contributed by atoms with Gasteiger partial charge in [-0.3, -0.25) is 4.79 Å². The molecule has 1 heterocycles. The standard InChI is InChI=1S/C12H23N3O4/c1-9-3-4-10(19-9)12(16)15(7-8-18-2)6-5-11(13)14-17/h9-10,17H,3-8H2,1-2H3,(H2,13,14). The Kier molecular flexibility index (Phi) is 6.58. The van der Waals surface area contributed by atoms with E-state index >= 15 is 0 Å². The zero-order chi connectivity index (χ0) is 14.3. The van der Waals surface area contributed by atoms with Gasteiger partial charge in [0.1, 0.15) is 11.9 Å². The fraction of sp³-hybridized carbons (Fsp3) is 0.833. The summed E-state index contributed by atoms with van der Waals surface area (Å²) in [6.45, 7) is 3.28. The second-order valence-corrected chi connectivity index (χ2v) is 4.67. The molecule has 0 saturated carbocycles.